The summed E-state index contributed by atoms with van der Waals surface area (Å²) in [5, 5.41) is 5.76. The molecule has 6 nitrogen and oxygen atoms in total. The van der Waals surface area contributed by atoms with E-state index in [1.807, 2.05) is 24.3 Å². The van der Waals surface area contributed by atoms with Crippen LogP contribution in [-0.4, -0.2) is 11.8 Å². The number of furan rings is 1. The third-order valence-electron chi connectivity index (χ3n) is 4.24. The van der Waals surface area contributed by atoms with Crippen molar-refractivity contribution in [3.63, 3.8) is 0 Å². The number of amides is 2. The molecular weight excluding hydrogens is 306 g/mol. The van der Waals surface area contributed by atoms with Crippen molar-refractivity contribution in [3.8, 4) is 0 Å². The van der Waals surface area contributed by atoms with Crippen LogP contribution in [0.15, 0.2) is 41.0 Å². The number of nitrogens with two attached hydrogens (primary N) is 1. The summed E-state index contributed by atoms with van der Waals surface area (Å²) in [4.78, 5) is 24.1. The van der Waals surface area contributed by atoms with Gasteiger partial charge < -0.3 is 20.8 Å². The summed E-state index contributed by atoms with van der Waals surface area (Å²) in [5.74, 6) is 0.574. The first kappa shape index (κ1) is 16.3. The van der Waals surface area contributed by atoms with E-state index in [4.69, 9.17) is 10.2 Å². The Morgan fingerprint density at radius 2 is 2.08 bits per heavy atom. The molecule has 1 aromatic carbocycles. The van der Waals surface area contributed by atoms with Gasteiger partial charge in [0.1, 0.15) is 12.0 Å². The van der Waals surface area contributed by atoms with E-state index in [1.165, 1.54) is 6.26 Å². The topological polar surface area (TPSA) is 97.4 Å². The largest absolute Gasteiger partial charge is 0.467 e. The van der Waals surface area contributed by atoms with E-state index < -0.39 is 0 Å². The molecule has 1 aliphatic carbocycles. The molecule has 1 saturated carbocycles. The first-order valence-electron chi connectivity index (χ1n) is 8.11. The molecule has 24 heavy (non-hydrogen) atoms. The van der Waals surface area contributed by atoms with Gasteiger partial charge in [-0.3, -0.25) is 9.59 Å². The third-order valence-corrected chi connectivity index (χ3v) is 4.24. The minimum atomic E-state index is -0.220. The third kappa shape index (κ3) is 3.83. The van der Waals surface area contributed by atoms with E-state index in [0.29, 0.717) is 17.9 Å². The van der Waals surface area contributed by atoms with Crippen molar-refractivity contribution in [1.82, 2.24) is 5.32 Å². The normalized spacial score (nSPS) is 14.0. The first-order valence-corrected chi connectivity index (χ1v) is 8.11. The molecular formula is C18H21N3O3. The SMILES string of the molecule is NCc1cc(C(=O)NCc2cccc(NC(=O)C3CCC3)c2)co1. The molecule has 3 rings (SSSR count). The van der Waals surface area contributed by atoms with Gasteiger partial charge in [-0.15, -0.1) is 0 Å². The summed E-state index contributed by atoms with van der Waals surface area (Å²) in [5.41, 5.74) is 7.58. The molecule has 1 aliphatic rings. The molecule has 0 unspecified atom stereocenters. The molecule has 0 radical (unpaired) electrons. The van der Waals surface area contributed by atoms with Gasteiger partial charge in [-0.1, -0.05) is 18.6 Å². The molecule has 2 amide bonds. The number of benzene rings is 1. The Hall–Kier alpha value is -2.60. The molecule has 0 saturated heterocycles. The highest BCUT2D eigenvalue weighted by molar-refractivity contribution is 5.94. The van der Waals surface area contributed by atoms with E-state index in [2.05, 4.69) is 10.6 Å². The number of rotatable bonds is 6. The summed E-state index contributed by atoms with van der Waals surface area (Å²) in [7, 11) is 0. The van der Waals surface area contributed by atoms with Crippen molar-refractivity contribution in [3.05, 3.63) is 53.5 Å². The van der Waals surface area contributed by atoms with Crippen LogP contribution in [0.5, 0.6) is 0 Å². The van der Waals surface area contributed by atoms with Gasteiger partial charge in [0, 0.05) is 18.2 Å². The lowest BCUT2D eigenvalue weighted by atomic mass is 9.85. The van der Waals surface area contributed by atoms with E-state index in [9.17, 15) is 9.59 Å². The maximum Gasteiger partial charge on any atom is 0.254 e. The van der Waals surface area contributed by atoms with Crippen LogP contribution < -0.4 is 16.4 Å². The zero-order valence-electron chi connectivity index (χ0n) is 13.4. The van der Waals surface area contributed by atoms with Crippen LogP contribution in [0, 0.1) is 5.92 Å². The maximum atomic E-state index is 12.1. The molecule has 4 N–H and O–H groups in total. The molecule has 0 atom stereocenters. The second-order valence-corrected chi connectivity index (χ2v) is 6.01. The standard InChI is InChI=1S/C18H21N3O3/c19-9-16-8-14(11-24-16)17(22)20-10-12-3-1-6-15(7-12)21-18(23)13-4-2-5-13/h1,3,6-8,11,13H,2,4-5,9-10,19H2,(H,20,22)(H,21,23). The summed E-state index contributed by atoms with van der Waals surface area (Å²) < 4.78 is 5.16. The Kier molecular flexibility index (Phi) is 4.96. The monoisotopic (exact) mass is 327 g/mol. The van der Waals surface area contributed by atoms with Crippen molar-refractivity contribution >= 4 is 17.5 Å². The van der Waals surface area contributed by atoms with Crippen LogP contribution in [0.4, 0.5) is 5.69 Å². The van der Waals surface area contributed by atoms with Gasteiger partial charge >= 0.3 is 0 Å². The van der Waals surface area contributed by atoms with Gasteiger partial charge in [-0.25, -0.2) is 0 Å². The quantitative estimate of drug-likeness (QED) is 0.759. The zero-order valence-corrected chi connectivity index (χ0v) is 13.4. The maximum absolute atomic E-state index is 12.1. The lowest BCUT2D eigenvalue weighted by Gasteiger charge is -2.24. The van der Waals surface area contributed by atoms with E-state index in [0.717, 1.165) is 30.5 Å². The molecule has 6 heteroatoms. The Morgan fingerprint density at radius 1 is 1.25 bits per heavy atom. The van der Waals surface area contributed by atoms with Crippen molar-refractivity contribution in [2.45, 2.75) is 32.4 Å². The highest BCUT2D eigenvalue weighted by Crippen LogP contribution is 2.27. The fraction of sp³-hybridized carbons (Fsp3) is 0.333. The van der Waals surface area contributed by atoms with Crippen LogP contribution in [0.2, 0.25) is 0 Å². The van der Waals surface area contributed by atoms with Gasteiger partial charge in [0.15, 0.2) is 0 Å². The van der Waals surface area contributed by atoms with Crippen LogP contribution >= 0.6 is 0 Å². The second kappa shape index (κ2) is 7.31. The molecule has 1 aromatic heterocycles. The van der Waals surface area contributed by atoms with Crippen LogP contribution in [0.1, 0.15) is 40.9 Å². The molecule has 1 heterocycles. The number of nitrogens with one attached hydrogen (secondary N) is 2. The number of carbonyl (C=O) groups is 2. The Labute approximate surface area is 140 Å². The highest BCUT2D eigenvalue weighted by Gasteiger charge is 2.25. The van der Waals surface area contributed by atoms with E-state index >= 15 is 0 Å². The second-order valence-electron chi connectivity index (χ2n) is 6.01. The minimum absolute atomic E-state index is 0.0788. The van der Waals surface area contributed by atoms with Crippen molar-refractivity contribution < 1.29 is 14.0 Å². The smallest absolute Gasteiger partial charge is 0.254 e. The van der Waals surface area contributed by atoms with Gasteiger partial charge in [0.05, 0.1) is 12.1 Å². The van der Waals surface area contributed by atoms with Gasteiger partial charge in [0.25, 0.3) is 5.91 Å². The first-order chi connectivity index (χ1) is 11.7. The highest BCUT2D eigenvalue weighted by atomic mass is 16.3. The van der Waals surface area contributed by atoms with Crippen LogP contribution in [0.25, 0.3) is 0 Å². The lowest BCUT2D eigenvalue weighted by Crippen LogP contribution is -2.28. The van der Waals surface area contributed by atoms with Crippen molar-refractivity contribution in [1.29, 1.82) is 0 Å². The molecule has 126 valence electrons. The average molecular weight is 327 g/mol. The van der Waals surface area contributed by atoms with Crippen molar-refractivity contribution in [2.75, 3.05) is 5.32 Å². The molecule has 0 spiro atoms. The predicted octanol–water partition coefficient (Wildman–Crippen LogP) is 2.41. The van der Waals surface area contributed by atoms with Gasteiger partial charge in [0.2, 0.25) is 5.91 Å². The Balaban J connectivity index is 1.55. The lowest BCUT2D eigenvalue weighted by molar-refractivity contribution is -0.122. The zero-order chi connectivity index (χ0) is 16.9. The van der Waals surface area contributed by atoms with Crippen LogP contribution in [-0.2, 0) is 17.9 Å². The fourth-order valence-corrected chi connectivity index (χ4v) is 2.56. The minimum Gasteiger partial charge on any atom is -0.467 e. The van der Waals surface area contributed by atoms with E-state index in [1.54, 1.807) is 6.07 Å². The van der Waals surface area contributed by atoms with Gasteiger partial charge in [-0.05, 0) is 36.6 Å². The number of hydrogen-bond acceptors (Lipinski definition) is 4. The predicted molar refractivity (Wildman–Crippen MR) is 90.2 cm³/mol. The Bertz CT molecular complexity index is 735. The molecule has 0 bridgehead atoms. The number of anilines is 1. The summed E-state index contributed by atoms with van der Waals surface area (Å²) in [6, 6.07) is 9.12. The summed E-state index contributed by atoms with van der Waals surface area (Å²) in [6.45, 7) is 0.630. The molecule has 2 aromatic rings. The average Bonchev–Trinajstić information content (AvgIpc) is 3.00. The van der Waals surface area contributed by atoms with Crippen LogP contribution in [0.3, 0.4) is 0 Å². The molecule has 0 aliphatic heterocycles. The molecule has 1 fully saturated rings. The van der Waals surface area contributed by atoms with Crippen molar-refractivity contribution in [2.24, 2.45) is 11.7 Å². The van der Waals surface area contributed by atoms with Gasteiger partial charge in [-0.2, -0.15) is 0 Å². The Morgan fingerprint density at radius 3 is 2.75 bits per heavy atom. The number of carbonyl (C=O) groups excluding carboxylic acids is 2. The fourth-order valence-electron chi connectivity index (χ4n) is 2.56. The summed E-state index contributed by atoms with van der Waals surface area (Å²) >= 11 is 0. The number of hydrogen-bond donors (Lipinski definition) is 3. The summed E-state index contributed by atoms with van der Waals surface area (Å²) in [6.07, 6.45) is 4.46. The van der Waals surface area contributed by atoms with E-state index in [-0.39, 0.29) is 24.3 Å².